The van der Waals surface area contributed by atoms with Crippen LogP contribution in [-0.4, -0.2) is 62.4 Å². The van der Waals surface area contributed by atoms with Gasteiger partial charge in [0.25, 0.3) is 0 Å². The number of phenols is 5. The lowest BCUT2D eigenvalue weighted by molar-refractivity contribution is 0.307. The molecule has 0 aromatic heterocycles. The second kappa shape index (κ2) is 19.2. The van der Waals surface area contributed by atoms with Gasteiger partial charge in [-0.15, -0.1) is 0 Å². The molecule has 0 saturated heterocycles. The molecule has 0 fully saturated rings. The molecule has 0 bridgehead atoms. The van der Waals surface area contributed by atoms with E-state index in [-0.39, 0.29) is 35.4 Å². The minimum Gasteiger partial charge on any atom is -0.507 e. The number of aliphatic imine (C=N–C) groups is 3. The van der Waals surface area contributed by atoms with Crippen LogP contribution in [0.15, 0.2) is 132 Å². The Morgan fingerprint density at radius 3 is 1.19 bits per heavy atom. The summed E-state index contributed by atoms with van der Waals surface area (Å²) in [5.41, 5.74) is 2.74. The minimum absolute atomic E-state index is 0.0191. The second-order valence-corrected chi connectivity index (χ2v) is 12.1. The molecule has 6 N–H and O–H groups in total. The molecule has 0 atom stereocenters. The highest BCUT2D eigenvalue weighted by Crippen LogP contribution is 2.28. The van der Waals surface area contributed by atoms with Gasteiger partial charge in [-0.2, -0.15) is 0 Å². The minimum atomic E-state index is 0.0191. The summed E-state index contributed by atoms with van der Waals surface area (Å²) in [5.74, 6) is 0.695. The Bertz CT molecular complexity index is 1760. The van der Waals surface area contributed by atoms with Crippen LogP contribution in [0.25, 0.3) is 0 Å². The molecule has 5 rings (SSSR count). The first-order chi connectivity index (χ1) is 22.6. The predicted octanol–water partition coefficient (Wildman–Crippen LogP) is 8.79. The summed E-state index contributed by atoms with van der Waals surface area (Å²) in [7, 11) is 0. The molecule has 5 aromatic rings. The predicted molar refractivity (Wildman–Crippen MR) is 198 cm³/mol. The van der Waals surface area contributed by atoms with E-state index < -0.39 is 0 Å². The quantitative estimate of drug-likeness (QED) is 0.0901. The highest BCUT2D eigenvalue weighted by molar-refractivity contribution is 9.11. The average molecular weight is 828 g/mol. The summed E-state index contributed by atoms with van der Waals surface area (Å²) < 4.78 is 2.60. The van der Waals surface area contributed by atoms with Crippen LogP contribution in [0, 0.1) is 0 Å². The zero-order valence-corrected chi connectivity index (χ0v) is 29.4. The van der Waals surface area contributed by atoms with Gasteiger partial charge in [-0.1, -0.05) is 72.1 Å². The van der Waals surface area contributed by atoms with Gasteiger partial charge in [0.1, 0.15) is 40.1 Å². The summed E-state index contributed by atoms with van der Waals surface area (Å²) in [5, 5.41) is 56.1. The van der Waals surface area contributed by atoms with Crippen LogP contribution < -0.4 is 0 Å². The number of aromatic hydroxyl groups is 5. The van der Waals surface area contributed by atoms with Gasteiger partial charge in [0, 0.05) is 48.8 Å². The first kappa shape index (κ1) is 37.0. The highest BCUT2D eigenvalue weighted by atomic mass is 79.9. The van der Waals surface area contributed by atoms with Crippen LogP contribution in [0.3, 0.4) is 0 Å². The molecule has 0 amide bonds. The normalized spacial score (nSPS) is 10.9. The lowest BCUT2D eigenvalue weighted by atomic mass is 10.2. The van der Waals surface area contributed by atoms with Gasteiger partial charge in [-0.05, 0) is 78.9 Å². The van der Waals surface area contributed by atoms with E-state index in [4.69, 9.17) is 5.11 Å². The SMILES string of the molecule is OCCN=Cc1cc(Br)ccc1O.Oc1ccc(Br)cc1C=Nc1ccccc1O.Oc1ccc(Br)cc1C=Nc1ccccc1O. The van der Waals surface area contributed by atoms with E-state index >= 15 is 0 Å². The number of benzene rings is 5. The van der Waals surface area contributed by atoms with Crippen molar-refractivity contribution in [3.63, 3.8) is 0 Å². The number of phenolic OH excluding ortho intramolecular Hbond substituents is 5. The fourth-order valence-corrected chi connectivity index (χ4v) is 4.67. The first-order valence-electron chi connectivity index (χ1n) is 13.8. The number of rotatable bonds is 7. The number of hydrogen-bond acceptors (Lipinski definition) is 9. The number of para-hydroxylation sites is 4. The maximum atomic E-state index is 9.61. The molecule has 5 aromatic carbocycles. The van der Waals surface area contributed by atoms with Crippen LogP contribution in [0.5, 0.6) is 28.7 Å². The van der Waals surface area contributed by atoms with Crippen molar-refractivity contribution in [2.45, 2.75) is 0 Å². The Labute approximate surface area is 297 Å². The monoisotopic (exact) mass is 825 g/mol. The number of aliphatic hydroxyl groups is 1. The molecule has 12 heteroatoms. The van der Waals surface area contributed by atoms with E-state index in [1.807, 2.05) is 0 Å². The van der Waals surface area contributed by atoms with E-state index in [0.717, 1.165) is 13.4 Å². The highest BCUT2D eigenvalue weighted by Gasteiger charge is 2.02. The molecule has 0 spiro atoms. The lowest BCUT2D eigenvalue weighted by Gasteiger charge is -2.00. The van der Waals surface area contributed by atoms with Crippen LogP contribution in [0.2, 0.25) is 0 Å². The maximum Gasteiger partial charge on any atom is 0.141 e. The summed E-state index contributed by atoms with van der Waals surface area (Å²) in [4.78, 5) is 12.2. The van der Waals surface area contributed by atoms with Crippen molar-refractivity contribution < 1.29 is 30.6 Å². The van der Waals surface area contributed by atoms with Gasteiger partial charge in [0.15, 0.2) is 0 Å². The van der Waals surface area contributed by atoms with Gasteiger partial charge in [-0.25, -0.2) is 0 Å². The molecule has 47 heavy (non-hydrogen) atoms. The van der Waals surface area contributed by atoms with E-state index in [2.05, 4.69) is 62.8 Å². The fraction of sp³-hybridized carbons (Fsp3) is 0.0571. The van der Waals surface area contributed by atoms with Crippen molar-refractivity contribution in [3.8, 4) is 28.7 Å². The van der Waals surface area contributed by atoms with Gasteiger partial charge < -0.3 is 30.6 Å². The number of aliphatic hydroxyl groups excluding tert-OH is 1. The number of hydrogen-bond donors (Lipinski definition) is 6. The van der Waals surface area contributed by atoms with Crippen LogP contribution in [0.4, 0.5) is 11.4 Å². The van der Waals surface area contributed by atoms with Gasteiger partial charge in [0.2, 0.25) is 0 Å². The first-order valence-corrected chi connectivity index (χ1v) is 16.2. The van der Waals surface area contributed by atoms with Crippen molar-refractivity contribution in [2.24, 2.45) is 15.0 Å². The Hall–Kier alpha value is -4.49. The van der Waals surface area contributed by atoms with Gasteiger partial charge >= 0.3 is 0 Å². The van der Waals surface area contributed by atoms with E-state index in [0.29, 0.717) is 34.6 Å². The van der Waals surface area contributed by atoms with Crippen molar-refractivity contribution in [2.75, 3.05) is 13.2 Å². The second-order valence-electron chi connectivity index (χ2n) is 9.36. The van der Waals surface area contributed by atoms with Crippen molar-refractivity contribution in [1.29, 1.82) is 0 Å². The summed E-state index contributed by atoms with van der Waals surface area (Å²) in [6.07, 6.45) is 4.56. The number of halogens is 3. The zero-order chi connectivity index (χ0) is 34.2. The third-order valence-corrected chi connectivity index (χ3v) is 7.36. The largest absolute Gasteiger partial charge is 0.507 e. The maximum absolute atomic E-state index is 9.61. The van der Waals surface area contributed by atoms with E-state index in [1.165, 1.54) is 18.6 Å². The third kappa shape index (κ3) is 12.7. The average Bonchev–Trinajstić information content (AvgIpc) is 3.05. The smallest absolute Gasteiger partial charge is 0.141 e. The standard InChI is InChI=1S/2C13H10BrNO2.C9H10BrNO2/c2*14-10-5-6-12(16)9(7-10)8-15-11-3-1-2-4-13(11)17;10-8-1-2-9(13)7(5-8)6-11-3-4-12/h2*1-8,16-17H;1-2,5-6,12-13H,3-4H2. The van der Waals surface area contributed by atoms with Crippen LogP contribution in [0.1, 0.15) is 16.7 Å². The van der Waals surface area contributed by atoms with Crippen LogP contribution in [-0.2, 0) is 0 Å². The number of nitrogens with zero attached hydrogens (tertiary/aromatic N) is 3. The molecule has 0 aliphatic rings. The molecule has 242 valence electrons. The molecule has 0 saturated carbocycles. The molecule has 0 radical (unpaired) electrons. The molecular formula is C35H30Br3N3O6. The van der Waals surface area contributed by atoms with E-state index in [9.17, 15) is 25.5 Å². The summed E-state index contributed by atoms with van der Waals surface area (Å²) in [6.45, 7) is 0.372. The Kier molecular flexibility index (Phi) is 15.1. The zero-order valence-electron chi connectivity index (χ0n) is 24.6. The van der Waals surface area contributed by atoms with Gasteiger partial charge in [-0.3, -0.25) is 15.0 Å². The molecule has 9 nitrogen and oxygen atoms in total. The Morgan fingerprint density at radius 1 is 0.468 bits per heavy atom. The summed E-state index contributed by atoms with van der Waals surface area (Å²) >= 11 is 9.91. The molecule has 0 aliphatic carbocycles. The van der Waals surface area contributed by atoms with Gasteiger partial charge in [0.05, 0.1) is 13.2 Å². The Balaban J connectivity index is 0.000000194. The topological polar surface area (TPSA) is 158 Å². The summed E-state index contributed by atoms with van der Waals surface area (Å²) in [6, 6.07) is 28.8. The van der Waals surface area contributed by atoms with Crippen molar-refractivity contribution in [1.82, 2.24) is 0 Å². The third-order valence-electron chi connectivity index (χ3n) is 5.88. The Morgan fingerprint density at radius 2 is 0.830 bits per heavy atom. The molecular weight excluding hydrogens is 798 g/mol. The molecule has 0 heterocycles. The van der Waals surface area contributed by atoms with Crippen molar-refractivity contribution >= 4 is 77.8 Å². The van der Waals surface area contributed by atoms with Crippen LogP contribution >= 0.6 is 47.8 Å². The van der Waals surface area contributed by atoms with Crippen molar-refractivity contribution in [3.05, 3.63) is 133 Å². The molecule has 0 aliphatic heterocycles. The lowest BCUT2D eigenvalue weighted by Crippen LogP contribution is -1.89. The fourth-order valence-electron chi connectivity index (χ4n) is 3.53. The molecule has 0 unspecified atom stereocenters. The van der Waals surface area contributed by atoms with E-state index in [1.54, 1.807) is 103 Å².